The molecule has 0 aromatic carbocycles. The molecule has 1 N–H and O–H groups in total. The van der Waals surface area contributed by atoms with Crippen LogP contribution >= 0.6 is 0 Å². The second kappa shape index (κ2) is 6.74. The van der Waals surface area contributed by atoms with E-state index in [1.54, 1.807) is 0 Å². The van der Waals surface area contributed by atoms with Crippen LogP contribution in [0.3, 0.4) is 0 Å². The van der Waals surface area contributed by atoms with E-state index in [4.69, 9.17) is 0 Å². The van der Waals surface area contributed by atoms with Crippen molar-refractivity contribution >= 4 is 5.91 Å². The van der Waals surface area contributed by atoms with Gasteiger partial charge in [-0.1, -0.05) is 40.0 Å². The van der Waals surface area contributed by atoms with E-state index >= 15 is 0 Å². The Balaban J connectivity index is 1.90. The molecule has 3 atom stereocenters. The molecule has 2 rings (SSSR count). The van der Waals surface area contributed by atoms with E-state index in [1.807, 2.05) is 0 Å². The standard InChI is InChI=1S/C16H30N2O/c1-12(2)17-15-9-6-10-18(16(15)19)11-14-8-5-4-7-13(14)3/h12-15,17H,4-11H2,1-3H3. The SMILES string of the molecule is CC(C)NC1CCCN(CC2CCCCC2C)C1=O. The van der Waals surface area contributed by atoms with Crippen molar-refractivity contribution in [2.45, 2.75) is 71.4 Å². The van der Waals surface area contributed by atoms with Crippen molar-refractivity contribution in [3.63, 3.8) is 0 Å². The van der Waals surface area contributed by atoms with E-state index < -0.39 is 0 Å². The minimum absolute atomic E-state index is 0.0626. The fourth-order valence-electron chi connectivity index (χ4n) is 3.63. The molecule has 1 amide bonds. The minimum Gasteiger partial charge on any atom is -0.341 e. The topological polar surface area (TPSA) is 32.3 Å². The largest absolute Gasteiger partial charge is 0.341 e. The maximum absolute atomic E-state index is 12.5. The monoisotopic (exact) mass is 266 g/mol. The molecule has 0 spiro atoms. The molecule has 0 aromatic heterocycles. The highest BCUT2D eigenvalue weighted by atomic mass is 16.2. The van der Waals surface area contributed by atoms with Crippen LogP contribution in [0.2, 0.25) is 0 Å². The van der Waals surface area contributed by atoms with Gasteiger partial charge in [-0.15, -0.1) is 0 Å². The fourth-order valence-corrected chi connectivity index (χ4v) is 3.63. The Morgan fingerprint density at radius 2 is 1.95 bits per heavy atom. The molecule has 1 aliphatic heterocycles. The van der Waals surface area contributed by atoms with Crippen LogP contribution in [0.1, 0.15) is 59.3 Å². The van der Waals surface area contributed by atoms with Crippen LogP contribution in [0.15, 0.2) is 0 Å². The summed E-state index contributed by atoms with van der Waals surface area (Å²) in [6.45, 7) is 8.57. The quantitative estimate of drug-likeness (QED) is 0.848. The molecule has 1 aliphatic carbocycles. The molecule has 19 heavy (non-hydrogen) atoms. The van der Waals surface area contributed by atoms with E-state index in [0.717, 1.165) is 37.8 Å². The highest BCUT2D eigenvalue weighted by Crippen LogP contribution is 2.31. The van der Waals surface area contributed by atoms with E-state index in [9.17, 15) is 4.79 Å². The molecule has 0 radical (unpaired) electrons. The summed E-state index contributed by atoms with van der Waals surface area (Å²) in [5, 5.41) is 3.42. The summed E-state index contributed by atoms with van der Waals surface area (Å²) >= 11 is 0. The summed E-state index contributed by atoms with van der Waals surface area (Å²) < 4.78 is 0. The second-order valence-electron chi connectivity index (χ2n) is 6.82. The Bertz CT molecular complexity index is 303. The number of piperidine rings is 1. The summed E-state index contributed by atoms with van der Waals surface area (Å²) in [6, 6.07) is 0.454. The molecule has 1 saturated carbocycles. The average Bonchev–Trinajstić information content (AvgIpc) is 2.36. The maximum atomic E-state index is 12.5. The van der Waals surface area contributed by atoms with Crippen LogP contribution in [0.25, 0.3) is 0 Å². The van der Waals surface area contributed by atoms with Gasteiger partial charge in [-0.3, -0.25) is 4.79 Å². The lowest BCUT2D eigenvalue weighted by molar-refractivity contribution is -0.137. The maximum Gasteiger partial charge on any atom is 0.239 e. The van der Waals surface area contributed by atoms with Crippen molar-refractivity contribution in [2.24, 2.45) is 11.8 Å². The lowest BCUT2D eigenvalue weighted by Crippen LogP contribution is -2.53. The highest BCUT2D eigenvalue weighted by molar-refractivity contribution is 5.82. The van der Waals surface area contributed by atoms with Crippen LogP contribution in [-0.4, -0.2) is 36.0 Å². The molecule has 0 aromatic rings. The predicted molar refractivity (Wildman–Crippen MR) is 79.0 cm³/mol. The summed E-state index contributed by atoms with van der Waals surface area (Å²) in [5.41, 5.74) is 0. The number of carbonyl (C=O) groups excluding carboxylic acids is 1. The zero-order valence-corrected chi connectivity index (χ0v) is 12.8. The van der Waals surface area contributed by atoms with Crippen LogP contribution in [0, 0.1) is 11.8 Å². The summed E-state index contributed by atoms with van der Waals surface area (Å²) in [7, 11) is 0. The van der Waals surface area contributed by atoms with Crippen molar-refractivity contribution < 1.29 is 4.79 Å². The Hall–Kier alpha value is -0.570. The number of carbonyl (C=O) groups is 1. The van der Waals surface area contributed by atoms with Gasteiger partial charge in [-0.2, -0.15) is 0 Å². The fraction of sp³-hybridized carbons (Fsp3) is 0.938. The van der Waals surface area contributed by atoms with E-state index in [-0.39, 0.29) is 6.04 Å². The number of nitrogens with zero attached hydrogens (tertiary/aromatic N) is 1. The Labute approximate surface area is 118 Å². The van der Waals surface area contributed by atoms with Crippen LogP contribution in [0.4, 0.5) is 0 Å². The van der Waals surface area contributed by atoms with Gasteiger partial charge in [0.05, 0.1) is 6.04 Å². The molecule has 3 unspecified atom stereocenters. The van der Waals surface area contributed by atoms with Gasteiger partial charge in [0.2, 0.25) is 5.91 Å². The molecule has 3 heteroatoms. The van der Waals surface area contributed by atoms with Crippen LogP contribution in [-0.2, 0) is 4.79 Å². The Morgan fingerprint density at radius 3 is 2.63 bits per heavy atom. The molecular weight excluding hydrogens is 236 g/mol. The van der Waals surface area contributed by atoms with Crippen molar-refractivity contribution in [1.82, 2.24) is 10.2 Å². The summed E-state index contributed by atoms with van der Waals surface area (Å²) in [4.78, 5) is 14.6. The first-order valence-electron chi connectivity index (χ1n) is 8.12. The molecular formula is C16H30N2O. The smallest absolute Gasteiger partial charge is 0.239 e. The summed E-state index contributed by atoms with van der Waals surface area (Å²) in [5.74, 6) is 1.87. The van der Waals surface area contributed by atoms with Crippen molar-refractivity contribution in [3.8, 4) is 0 Å². The van der Waals surface area contributed by atoms with Gasteiger partial charge in [0.1, 0.15) is 0 Å². The number of likely N-dealkylation sites (tertiary alicyclic amines) is 1. The van der Waals surface area contributed by atoms with Gasteiger partial charge in [0.15, 0.2) is 0 Å². The molecule has 3 nitrogen and oxygen atoms in total. The Morgan fingerprint density at radius 1 is 1.21 bits per heavy atom. The highest BCUT2D eigenvalue weighted by Gasteiger charge is 2.32. The molecule has 1 heterocycles. The third-order valence-corrected chi connectivity index (χ3v) is 4.81. The minimum atomic E-state index is 0.0626. The molecule has 110 valence electrons. The van der Waals surface area contributed by atoms with E-state index in [1.165, 1.54) is 25.7 Å². The molecule has 2 fully saturated rings. The first-order valence-corrected chi connectivity index (χ1v) is 8.12. The van der Waals surface area contributed by atoms with Gasteiger partial charge in [0.25, 0.3) is 0 Å². The van der Waals surface area contributed by atoms with Gasteiger partial charge in [0, 0.05) is 19.1 Å². The van der Waals surface area contributed by atoms with Crippen molar-refractivity contribution in [3.05, 3.63) is 0 Å². The van der Waals surface area contributed by atoms with Crippen LogP contribution < -0.4 is 5.32 Å². The second-order valence-corrected chi connectivity index (χ2v) is 6.82. The zero-order valence-electron chi connectivity index (χ0n) is 12.8. The first kappa shape index (κ1) is 14.8. The van der Waals surface area contributed by atoms with Gasteiger partial charge < -0.3 is 10.2 Å². The Kier molecular flexibility index (Phi) is 5.26. The number of rotatable bonds is 4. The van der Waals surface area contributed by atoms with Crippen molar-refractivity contribution in [1.29, 1.82) is 0 Å². The number of amides is 1. The number of hydrogen-bond acceptors (Lipinski definition) is 2. The lowest BCUT2D eigenvalue weighted by Gasteiger charge is -2.38. The number of hydrogen-bond donors (Lipinski definition) is 1. The molecule has 0 bridgehead atoms. The molecule has 1 saturated heterocycles. The third-order valence-electron chi connectivity index (χ3n) is 4.81. The van der Waals surface area contributed by atoms with Gasteiger partial charge in [-0.05, 0) is 31.1 Å². The lowest BCUT2D eigenvalue weighted by atomic mass is 9.80. The zero-order chi connectivity index (χ0) is 13.8. The van der Waals surface area contributed by atoms with Gasteiger partial charge >= 0.3 is 0 Å². The van der Waals surface area contributed by atoms with E-state index in [0.29, 0.717) is 11.9 Å². The van der Waals surface area contributed by atoms with Gasteiger partial charge in [-0.25, -0.2) is 0 Å². The first-order chi connectivity index (χ1) is 9.08. The van der Waals surface area contributed by atoms with Crippen molar-refractivity contribution in [2.75, 3.05) is 13.1 Å². The third kappa shape index (κ3) is 3.95. The van der Waals surface area contributed by atoms with Crippen LogP contribution in [0.5, 0.6) is 0 Å². The molecule has 2 aliphatic rings. The predicted octanol–water partition coefficient (Wildman–Crippen LogP) is 2.80. The van der Waals surface area contributed by atoms with E-state index in [2.05, 4.69) is 31.0 Å². The number of nitrogens with one attached hydrogen (secondary N) is 1. The normalized spacial score (nSPS) is 32.9. The average molecular weight is 266 g/mol. The summed E-state index contributed by atoms with van der Waals surface area (Å²) in [6.07, 6.45) is 7.55.